The normalized spacial score (nSPS) is 13.0. The van der Waals surface area contributed by atoms with Gasteiger partial charge in [-0.05, 0) is 43.7 Å². The summed E-state index contributed by atoms with van der Waals surface area (Å²) in [5.41, 5.74) is 0.803. The third-order valence-corrected chi connectivity index (χ3v) is 4.40. The molecule has 0 fully saturated rings. The smallest absolute Gasteiger partial charge is 0.248 e. The van der Waals surface area contributed by atoms with Gasteiger partial charge in [-0.3, -0.25) is 0 Å². The van der Waals surface area contributed by atoms with Crippen molar-refractivity contribution in [2.24, 2.45) is 16.8 Å². The molecule has 2 aromatic rings. The van der Waals surface area contributed by atoms with Gasteiger partial charge in [-0.25, -0.2) is 4.99 Å². The topological polar surface area (TPSA) is 95.6 Å². The second-order valence-corrected chi connectivity index (χ2v) is 7.54. The molecule has 8 heteroatoms. The lowest BCUT2D eigenvalue weighted by molar-refractivity contribution is 0.243. The van der Waals surface area contributed by atoms with Gasteiger partial charge in [-0.1, -0.05) is 42.7 Å². The van der Waals surface area contributed by atoms with E-state index in [0.29, 0.717) is 34.5 Å². The van der Waals surface area contributed by atoms with Crippen LogP contribution in [-0.4, -0.2) is 40.9 Å². The molecule has 0 aliphatic carbocycles. The fraction of sp³-hybridized carbons (Fsp3) is 0.550. The minimum Gasteiger partial charge on any atom is -0.396 e. The molecule has 7 nitrogen and oxygen atoms in total. The maximum absolute atomic E-state index is 9.27. The molecule has 1 atom stereocenters. The molecule has 0 amide bonds. The average molecular weight is 408 g/mol. The van der Waals surface area contributed by atoms with Crippen LogP contribution in [0, 0.1) is 11.8 Å². The van der Waals surface area contributed by atoms with Gasteiger partial charge < -0.3 is 20.3 Å². The first kappa shape index (κ1) is 22.2. The van der Waals surface area contributed by atoms with Gasteiger partial charge in [-0.2, -0.15) is 4.98 Å². The Hall–Kier alpha value is -2.12. The molecule has 0 saturated heterocycles. The van der Waals surface area contributed by atoms with Crippen molar-refractivity contribution in [1.29, 1.82) is 0 Å². The van der Waals surface area contributed by atoms with Gasteiger partial charge in [0, 0.05) is 30.3 Å². The number of aliphatic imine (C=N–C) groups is 1. The van der Waals surface area contributed by atoms with Crippen molar-refractivity contribution in [3.8, 4) is 11.4 Å². The Bertz CT molecular complexity index is 748. The predicted octanol–water partition coefficient (Wildman–Crippen LogP) is 3.49. The van der Waals surface area contributed by atoms with Crippen molar-refractivity contribution in [2.45, 2.75) is 40.2 Å². The Labute approximate surface area is 171 Å². The summed E-state index contributed by atoms with van der Waals surface area (Å²) >= 11 is 6.01. The quantitative estimate of drug-likeness (QED) is 0.412. The maximum atomic E-state index is 9.27. The summed E-state index contributed by atoms with van der Waals surface area (Å²) in [6, 6.07) is 7.32. The molecular formula is C20H30ClN5O2. The molecule has 28 heavy (non-hydrogen) atoms. The highest BCUT2D eigenvalue weighted by Crippen LogP contribution is 2.20. The molecule has 3 N–H and O–H groups in total. The van der Waals surface area contributed by atoms with Crippen molar-refractivity contribution in [3.63, 3.8) is 0 Å². The molecule has 1 aromatic carbocycles. The lowest BCUT2D eigenvalue weighted by Gasteiger charge is -2.20. The fourth-order valence-corrected chi connectivity index (χ4v) is 3.14. The van der Waals surface area contributed by atoms with E-state index in [4.69, 9.17) is 16.1 Å². The number of benzene rings is 1. The first-order valence-electron chi connectivity index (χ1n) is 9.73. The summed E-state index contributed by atoms with van der Waals surface area (Å²) in [6.07, 6.45) is 1.83. The number of hydrogen-bond acceptors (Lipinski definition) is 5. The first-order valence-corrected chi connectivity index (χ1v) is 10.1. The summed E-state index contributed by atoms with van der Waals surface area (Å²) in [7, 11) is 0. The van der Waals surface area contributed by atoms with Gasteiger partial charge in [0.15, 0.2) is 5.96 Å². The number of nitrogens with zero attached hydrogens (tertiary/aromatic N) is 3. The van der Waals surface area contributed by atoms with E-state index >= 15 is 0 Å². The monoisotopic (exact) mass is 407 g/mol. The summed E-state index contributed by atoms with van der Waals surface area (Å²) in [6.45, 7) is 8.37. The molecule has 0 aliphatic rings. The third-order valence-electron chi connectivity index (χ3n) is 4.17. The molecule has 1 aromatic heterocycles. The molecule has 2 rings (SSSR count). The number of aromatic nitrogens is 2. The molecular weight excluding hydrogens is 378 g/mol. The van der Waals surface area contributed by atoms with Crippen LogP contribution in [0.3, 0.4) is 0 Å². The van der Waals surface area contributed by atoms with E-state index in [0.717, 1.165) is 31.5 Å². The van der Waals surface area contributed by atoms with E-state index in [1.165, 1.54) is 0 Å². The van der Waals surface area contributed by atoms with Gasteiger partial charge in [-0.15, -0.1) is 0 Å². The van der Waals surface area contributed by atoms with Crippen LogP contribution in [0.15, 0.2) is 33.8 Å². The zero-order chi connectivity index (χ0) is 20.4. The predicted molar refractivity (Wildman–Crippen MR) is 112 cm³/mol. The minimum atomic E-state index is 0.195. The van der Waals surface area contributed by atoms with E-state index in [9.17, 15) is 5.11 Å². The molecule has 154 valence electrons. The number of halogens is 1. The Morgan fingerprint density at radius 3 is 2.82 bits per heavy atom. The average Bonchev–Trinajstić information content (AvgIpc) is 3.12. The number of hydrogen-bond donors (Lipinski definition) is 3. The SMILES string of the molecule is CCNC(=NCc1nc(-c2cccc(Cl)c2)no1)NCC(CCO)CC(C)C. The highest BCUT2D eigenvalue weighted by Gasteiger charge is 2.12. The Balaban J connectivity index is 1.98. The molecule has 0 bridgehead atoms. The van der Waals surface area contributed by atoms with Crippen molar-refractivity contribution in [1.82, 2.24) is 20.8 Å². The van der Waals surface area contributed by atoms with Crippen LogP contribution in [0.1, 0.15) is 39.5 Å². The van der Waals surface area contributed by atoms with Crippen LogP contribution in [0.25, 0.3) is 11.4 Å². The van der Waals surface area contributed by atoms with Crippen LogP contribution < -0.4 is 10.6 Å². The lowest BCUT2D eigenvalue weighted by atomic mass is 9.94. The number of aliphatic hydroxyl groups excluding tert-OH is 1. The van der Waals surface area contributed by atoms with Crippen molar-refractivity contribution >= 4 is 17.6 Å². The van der Waals surface area contributed by atoms with E-state index in [2.05, 4.69) is 39.6 Å². The minimum absolute atomic E-state index is 0.195. The van der Waals surface area contributed by atoms with Gasteiger partial charge in [0.1, 0.15) is 6.54 Å². The van der Waals surface area contributed by atoms with E-state index in [1.807, 2.05) is 19.1 Å². The summed E-state index contributed by atoms with van der Waals surface area (Å²) in [4.78, 5) is 8.91. The first-order chi connectivity index (χ1) is 13.5. The standard InChI is InChI=1S/C20H30ClN5O2/c1-4-22-20(23-12-15(8-9-27)10-14(2)3)24-13-18-25-19(26-28-18)16-6-5-7-17(21)11-16/h5-7,11,14-15,27H,4,8-10,12-13H2,1-3H3,(H2,22,23,24). The van der Waals surface area contributed by atoms with Crippen LogP contribution >= 0.6 is 11.6 Å². The molecule has 0 aliphatic heterocycles. The molecule has 0 radical (unpaired) electrons. The Morgan fingerprint density at radius 2 is 2.14 bits per heavy atom. The summed E-state index contributed by atoms with van der Waals surface area (Å²) < 4.78 is 5.30. The number of rotatable bonds is 10. The molecule has 1 heterocycles. The molecule has 0 spiro atoms. The van der Waals surface area contributed by atoms with Crippen LogP contribution in [0.2, 0.25) is 5.02 Å². The van der Waals surface area contributed by atoms with Crippen LogP contribution in [0.4, 0.5) is 0 Å². The highest BCUT2D eigenvalue weighted by molar-refractivity contribution is 6.30. The molecule has 1 unspecified atom stereocenters. The molecule has 0 saturated carbocycles. The third kappa shape index (κ3) is 7.48. The van der Waals surface area contributed by atoms with E-state index in [-0.39, 0.29) is 13.2 Å². The van der Waals surface area contributed by atoms with Gasteiger partial charge in [0.2, 0.25) is 11.7 Å². The van der Waals surface area contributed by atoms with E-state index in [1.54, 1.807) is 12.1 Å². The Kier molecular flexibility index (Phi) is 9.23. The van der Waals surface area contributed by atoms with Crippen molar-refractivity contribution < 1.29 is 9.63 Å². The number of nitrogens with one attached hydrogen (secondary N) is 2. The van der Waals surface area contributed by atoms with Crippen molar-refractivity contribution in [3.05, 3.63) is 35.2 Å². The lowest BCUT2D eigenvalue weighted by Crippen LogP contribution is -2.40. The second-order valence-electron chi connectivity index (χ2n) is 7.11. The van der Waals surface area contributed by atoms with Crippen molar-refractivity contribution in [2.75, 3.05) is 19.7 Å². The summed E-state index contributed by atoms with van der Waals surface area (Å²) in [5.74, 6) is 2.59. The second kappa shape index (κ2) is 11.7. The highest BCUT2D eigenvalue weighted by atomic mass is 35.5. The fourth-order valence-electron chi connectivity index (χ4n) is 2.95. The van der Waals surface area contributed by atoms with Crippen LogP contribution in [-0.2, 0) is 6.54 Å². The summed E-state index contributed by atoms with van der Waals surface area (Å²) in [5, 5.41) is 20.5. The number of aliphatic hydroxyl groups is 1. The van der Waals surface area contributed by atoms with Gasteiger partial charge in [0.25, 0.3) is 0 Å². The number of guanidine groups is 1. The Morgan fingerprint density at radius 1 is 1.32 bits per heavy atom. The zero-order valence-corrected chi connectivity index (χ0v) is 17.5. The van der Waals surface area contributed by atoms with Crippen LogP contribution in [0.5, 0.6) is 0 Å². The maximum Gasteiger partial charge on any atom is 0.248 e. The van der Waals surface area contributed by atoms with E-state index < -0.39 is 0 Å². The zero-order valence-electron chi connectivity index (χ0n) is 16.8. The van der Waals surface area contributed by atoms with Gasteiger partial charge in [0.05, 0.1) is 0 Å². The largest absolute Gasteiger partial charge is 0.396 e. The van der Waals surface area contributed by atoms with Gasteiger partial charge >= 0.3 is 0 Å².